The molecule has 0 radical (unpaired) electrons. The molecule has 1 fully saturated rings. The smallest absolute Gasteiger partial charge is 0.245 e. The summed E-state index contributed by atoms with van der Waals surface area (Å²) >= 11 is 0. The molecule has 1 unspecified atom stereocenters. The van der Waals surface area contributed by atoms with Crippen LogP contribution in [-0.2, 0) is 14.3 Å². The van der Waals surface area contributed by atoms with Crippen LogP contribution in [-0.4, -0.2) is 60.1 Å². The molecule has 0 bridgehead atoms. The van der Waals surface area contributed by atoms with Crippen LogP contribution < -0.4 is 11.1 Å². The molecule has 0 aromatic rings. The number of amidine groups is 1. The summed E-state index contributed by atoms with van der Waals surface area (Å²) in [6, 6.07) is -0.655. The first-order valence-corrected chi connectivity index (χ1v) is 5.71. The van der Waals surface area contributed by atoms with Gasteiger partial charge in [-0.2, -0.15) is 0 Å². The van der Waals surface area contributed by atoms with Gasteiger partial charge >= 0.3 is 0 Å². The minimum Gasteiger partial charge on any atom is -0.409 e. The van der Waals surface area contributed by atoms with E-state index in [2.05, 4.69) is 10.5 Å². The van der Waals surface area contributed by atoms with Crippen LogP contribution >= 0.6 is 0 Å². The van der Waals surface area contributed by atoms with Crippen molar-refractivity contribution in [1.82, 2.24) is 10.2 Å². The Bertz CT molecular complexity index is 345. The van der Waals surface area contributed by atoms with E-state index < -0.39 is 6.04 Å². The van der Waals surface area contributed by atoms with E-state index >= 15 is 0 Å². The lowest BCUT2D eigenvalue weighted by molar-refractivity contribution is -0.147. The van der Waals surface area contributed by atoms with E-state index in [1.807, 2.05) is 0 Å². The molecule has 18 heavy (non-hydrogen) atoms. The second kappa shape index (κ2) is 6.80. The van der Waals surface area contributed by atoms with Gasteiger partial charge in [-0.05, 0) is 6.92 Å². The zero-order chi connectivity index (χ0) is 13.5. The zero-order valence-electron chi connectivity index (χ0n) is 10.3. The standard InChI is InChI=1S/C10H18N4O4/c1-2-12-10(16)7-6-18-4-3-14(7)9(15)5-8(11)13-17/h7,17H,2-6H2,1H3,(H2,11,13)(H,12,16). The van der Waals surface area contributed by atoms with Gasteiger partial charge in [0.1, 0.15) is 11.9 Å². The van der Waals surface area contributed by atoms with Crippen molar-refractivity contribution in [3.8, 4) is 0 Å². The molecule has 1 rings (SSSR count). The van der Waals surface area contributed by atoms with Gasteiger partial charge in [-0.25, -0.2) is 0 Å². The number of morpholine rings is 1. The third kappa shape index (κ3) is 3.59. The van der Waals surface area contributed by atoms with Crippen molar-refractivity contribution in [2.24, 2.45) is 10.9 Å². The number of rotatable bonds is 4. The number of nitrogens with one attached hydrogen (secondary N) is 1. The minimum absolute atomic E-state index is 0.160. The van der Waals surface area contributed by atoms with Gasteiger partial charge in [0, 0.05) is 13.1 Å². The predicted octanol–water partition coefficient (Wildman–Crippen LogP) is -1.51. The maximum atomic E-state index is 11.9. The Labute approximate surface area is 105 Å². The topological polar surface area (TPSA) is 117 Å². The largest absolute Gasteiger partial charge is 0.409 e. The summed E-state index contributed by atoms with van der Waals surface area (Å²) < 4.78 is 5.20. The summed E-state index contributed by atoms with van der Waals surface area (Å²) in [5.74, 6) is -0.795. The van der Waals surface area contributed by atoms with Crippen LogP contribution in [0.2, 0.25) is 0 Å². The van der Waals surface area contributed by atoms with E-state index in [1.165, 1.54) is 4.90 Å². The van der Waals surface area contributed by atoms with Crippen molar-refractivity contribution in [1.29, 1.82) is 0 Å². The molecule has 8 heteroatoms. The Morgan fingerprint density at radius 1 is 1.61 bits per heavy atom. The molecule has 4 N–H and O–H groups in total. The van der Waals surface area contributed by atoms with Crippen molar-refractivity contribution in [3.05, 3.63) is 0 Å². The Balaban J connectivity index is 2.69. The zero-order valence-corrected chi connectivity index (χ0v) is 10.3. The molecule has 102 valence electrons. The van der Waals surface area contributed by atoms with Crippen LogP contribution in [0.4, 0.5) is 0 Å². The molecule has 8 nitrogen and oxygen atoms in total. The van der Waals surface area contributed by atoms with E-state index in [0.717, 1.165) is 0 Å². The molecule has 1 atom stereocenters. The first-order valence-electron chi connectivity index (χ1n) is 5.71. The number of ether oxygens (including phenoxy) is 1. The molecular weight excluding hydrogens is 240 g/mol. The lowest BCUT2D eigenvalue weighted by Crippen LogP contribution is -2.56. The Kier molecular flexibility index (Phi) is 5.37. The van der Waals surface area contributed by atoms with Gasteiger partial charge in [0.2, 0.25) is 11.8 Å². The van der Waals surface area contributed by atoms with Crippen molar-refractivity contribution in [2.75, 3.05) is 26.3 Å². The highest BCUT2D eigenvalue weighted by Crippen LogP contribution is 2.09. The number of oxime groups is 1. The SMILES string of the molecule is CCNC(=O)C1COCCN1C(=O)CC(N)=NO. The number of amides is 2. The fourth-order valence-corrected chi connectivity index (χ4v) is 1.70. The van der Waals surface area contributed by atoms with Crippen LogP contribution in [0.15, 0.2) is 5.16 Å². The van der Waals surface area contributed by atoms with Gasteiger partial charge in [-0.1, -0.05) is 5.16 Å². The number of nitrogens with two attached hydrogens (primary N) is 1. The number of hydrogen-bond acceptors (Lipinski definition) is 5. The van der Waals surface area contributed by atoms with E-state index in [0.29, 0.717) is 19.7 Å². The summed E-state index contributed by atoms with van der Waals surface area (Å²) in [6.45, 7) is 3.13. The molecule has 0 saturated carbocycles. The first kappa shape index (κ1) is 14.2. The van der Waals surface area contributed by atoms with Gasteiger partial charge in [0.05, 0.1) is 19.6 Å². The third-order valence-corrected chi connectivity index (χ3v) is 2.56. The average molecular weight is 258 g/mol. The van der Waals surface area contributed by atoms with Gasteiger partial charge in [0.25, 0.3) is 0 Å². The summed E-state index contributed by atoms with van der Waals surface area (Å²) in [5.41, 5.74) is 5.28. The number of carbonyl (C=O) groups is 2. The highest BCUT2D eigenvalue weighted by molar-refractivity contribution is 6.00. The normalized spacial score (nSPS) is 20.6. The maximum Gasteiger partial charge on any atom is 0.245 e. The van der Waals surface area contributed by atoms with Crippen LogP contribution in [0.5, 0.6) is 0 Å². The highest BCUT2D eigenvalue weighted by Gasteiger charge is 2.32. The summed E-state index contributed by atoms with van der Waals surface area (Å²) in [5, 5.41) is 13.8. The monoisotopic (exact) mass is 258 g/mol. The quantitative estimate of drug-likeness (QED) is 0.245. The summed E-state index contributed by atoms with van der Waals surface area (Å²) in [4.78, 5) is 25.1. The maximum absolute atomic E-state index is 11.9. The molecule has 0 aromatic heterocycles. The number of nitrogens with zero attached hydrogens (tertiary/aromatic N) is 2. The van der Waals surface area contributed by atoms with E-state index in [1.54, 1.807) is 6.92 Å². The number of likely N-dealkylation sites (N-methyl/N-ethyl adjacent to an activating group) is 1. The minimum atomic E-state index is -0.655. The second-order valence-electron chi connectivity index (χ2n) is 3.84. The van der Waals surface area contributed by atoms with Crippen molar-refractivity contribution >= 4 is 17.6 Å². The van der Waals surface area contributed by atoms with Crippen LogP contribution in [0.1, 0.15) is 13.3 Å². The van der Waals surface area contributed by atoms with Crippen LogP contribution in [0.25, 0.3) is 0 Å². The van der Waals surface area contributed by atoms with E-state index in [9.17, 15) is 9.59 Å². The molecule has 0 aromatic carbocycles. The molecule has 1 aliphatic rings. The highest BCUT2D eigenvalue weighted by atomic mass is 16.5. The Morgan fingerprint density at radius 2 is 2.33 bits per heavy atom. The molecule has 2 amide bonds. The number of hydrogen-bond donors (Lipinski definition) is 3. The molecule has 1 heterocycles. The van der Waals surface area contributed by atoms with Gasteiger partial charge < -0.3 is 25.9 Å². The second-order valence-corrected chi connectivity index (χ2v) is 3.84. The fourth-order valence-electron chi connectivity index (χ4n) is 1.70. The average Bonchev–Trinajstić information content (AvgIpc) is 2.38. The van der Waals surface area contributed by atoms with Crippen molar-refractivity contribution < 1.29 is 19.5 Å². The van der Waals surface area contributed by atoms with Gasteiger partial charge in [-0.15, -0.1) is 0 Å². The summed E-state index contributed by atoms with van der Waals surface area (Å²) in [6.07, 6.45) is -0.216. The number of carbonyl (C=O) groups excluding carboxylic acids is 2. The van der Waals surface area contributed by atoms with Crippen LogP contribution in [0, 0.1) is 0 Å². The van der Waals surface area contributed by atoms with Crippen molar-refractivity contribution in [3.63, 3.8) is 0 Å². The predicted molar refractivity (Wildman–Crippen MR) is 63.0 cm³/mol. The van der Waals surface area contributed by atoms with Gasteiger partial charge in [0.15, 0.2) is 0 Å². The Hall–Kier alpha value is -1.83. The molecule has 0 aliphatic carbocycles. The lowest BCUT2D eigenvalue weighted by Gasteiger charge is -2.34. The van der Waals surface area contributed by atoms with Gasteiger partial charge in [-0.3, -0.25) is 9.59 Å². The van der Waals surface area contributed by atoms with E-state index in [4.69, 9.17) is 15.7 Å². The lowest BCUT2D eigenvalue weighted by atomic mass is 10.2. The Morgan fingerprint density at radius 3 is 2.94 bits per heavy atom. The fraction of sp³-hybridized carbons (Fsp3) is 0.700. The molecule has 1 saturated heterocycles. The molecule has 1 aliphatic heterocycles. The van der Waals surface area contributed by atoms with Crippen molar-refractivity contribution in [2.45, 2.75) is 19.4 Å². The van der Waals surface area contributed by atoms with Crippen LogP contribution in [0.3, 0.4) is 0 Å². The first-order chi connectivity index (χ1) is 8.60. The molecule has 0 spiro atoms. The van der Waals surface area contributed by atoms with E-state index in [-0.39, 0.29) is 30.7 Å². The molecular formula is C10H18N4O4. The third-order valence-electron chi connectivity index (χ3n) is 2.56. The summed E-state index contributed by atoms with van der Waals surface area (Å²) in [7, 11) is 0.